The quantitative estimate of drug-likeness (QED) is 0.706. The maximum atomic E-state index is 10.9. The van der Waals surface area contributed by atoms with Crippen molar-refractivity contribution < 1.29 is 24.2 Å². The third-order valence-electron chi connectivity index (χ3n) is 2.46. The van der Waals surface area contributed by atoms with Crippen LogP contribution in [-0.4, -0.2) is 43.5 Å². The largest absolute Gasteiger partial charge is 0.480 e. The van der Waals surface area contributed by atoms with Crippen molar-refractivity contribution in [3.63, 3.8) is 0 Å². The van der Waals surface area contributed by atoms with Crippen molar-refractivity contribution in [1.82, 2.24) is 5.32 Å². The van der Waals surface area contributed by atoms with Gasteiger partial charge in [0.1, 0.15) is 6.04 Å². The number of aliphatic carboxylic acids is 1. The minimum Gasteiger partial charge on any atom is -0.480 e. The Balaban J connectivity index is 2.55. The first-order chi connectivity index (χ1) is 7.15. The van der Waals surface area contributed by atoms with Crippen LogP contribution in [0.4, 0.5) is 4.79 Å². The van der Waals surface area contributed by atoms with Crippen LogP contribution in [0.3, 0.4) is 0 Å². The Bertz CT molecular complexity index is 237. The summed E-state index contributed by atoms with van der Waals surface area (Å²) in [5.74, 6) is -1.12. The molecule has 15 heavy (non-hydrogen) atoms. The monoisotopic (exact) mass is 217 g/mol. The first-order valence-corrected chi connectivity index (χ1v) is 4.80. The SMILES string of the molecule is COC(=O)N[C@@H](C(=O)O)C1CCOCC1. The lowest BCUT2D eigenvalue weighted by Crippen LogP contribution is -2.47. The highest BCUT2D eigenvalue weighted by Crippen LogP contribution is 2.19. The first kappa shape index (κ1) is 11.8. The smallest absolute Gasteiger partial charge is 0.407 e. The van der Waals surface area contributed by atoms with Gasteiger partial charge in [-0.3, -0.25) is 0 Å². The Labute approximate surface area is 87.5 Å². The zero-order chi connectivity index (χ0) is 11.3. The molecule has 0 unspecified atom stereocenters. The number of carbonyl (C=O) groups is 2. The van der Waals surface area contributed by atoms with Gasteiger partial charge in [0.25, 0.3) is 0 Å². The van der Waals surface area contributed by atoms with E-state index in [1.54, 1.807) is 0 Å². The Morgan fingerprint density at radius 2 is 2.07 bits per heavy atom. The fourth-order valence-corrected chi connectivity index (χ4v) is 1.62. The lowest BCUT2D eigenvalue weighted by Gasteiger charge is -2.27. The summed E-state index contributed by atoms with van der Waals surface area (Å²) >= 11 is 0. The van der Waals surface area contributed by atoms with Crippen molar-refractivity contribution in [2.75, 3.05) is 20.3 Å². The average Bonchev–Trinajstić information content (AvgIpc) is 2.26. The van der Waals surface area contributed by atoms with Crippen molar-refractivity contribution >= 4 is 12.1 Å². The first-order valence-electron chi connectivity index (χ1n) is 4.80. The van der Waals surface area contributed by atoms with E-state index >= 15 is 0 Å². The molecule has 6 heteroatoms. The highest BCUT2D eigenvalue weighted by molar-refractivity contribution is 5.80. The molecule has 0 bridgehead atoms. The number of alkyl carbamates (subject to hydrolysis) is 1. The summed E-state index contributed by atoms with van der Waals surface area (Å²) < 4.78 is 9.50. The van der Waals surface area contributed by atoms with E-state index in [9.17, 15) is 9.59 Å². The molecule has 1 saturated heterocycles. The van der Waals surface area contributed by atoms with Crippen LogP contribution >= 0.6 is 0 Å². The Kier molecular flexibility index (Phi) is 4.36. The minimum absolute atomic E-state index is 0.0876. The van der Waals surface area contributed by atoms with Gasteiger partial charge in [-0.25, -0.2) is 9.59 Å². The van der Waals surface area contributed by atoms with E-state index in [0.717, 1.165) is 0 Å². The van der Waals surface area contributed by atoms with Gasteiger partial charge in [-0.1, -0.05) is 0 Å². The molecule has 86 valence electrons. The number of hydrogen-bond donors (Lipinski definition) is 2. The lowest BCUT2D eigenvalue weighted by molar-refractivity contribution is -0.141. The summed E-state index contributed by atoms with van der Waals surface area (Å²) in [5, 5.41) is 11.3. The molecular formula is C9H15NO5. The molecule has 1 fully saturated rings. The van der Waals surface area contributed by atoms with E-state index in [1.807, 2.05) is 0 Å². The molecule has 0 saturated carbocycles. The van der Waals surface area contributed by atoms with Crippen molar-refractivity contribution in [3.05, 3.63) is 0 Å². The van der Waals surface area contributed by atoms with Crippen LogP contribution in [0.1, 0.15) is 12.8 Å². The number of methoxy groups -OCH3 is 1. The lowest BCUT2D eigenvalue weighted by atomic mass is 9.92. The van der Waals surface area contributed by atoms with Gasteiger partial charge in [-0.2, -0.15) is 0 Å². The molecule has 6 nitrogen and oxygen atoms in total. The summed E-state index contributed by atoms with van der Waals surface area (Å²) in [6.45, 7) is 1.08. The van der Waals surface area contributed by atoms with Gasteiger partial charge in [-0.05, 0) is 18.8 Å². The molecule has 0 spiro atoms. The van der Waals surface area contributed by atoms with E-state index in [-0.39, 0.29) is 5.92 Å². The normalized spacial score (nSPS) is 19.3. The third kappa shape index (κ3) is 3.39. The van der Waals surface area contributed by atoms with Crippen LogP contribution in [-0.2, 0) is 14.3 Å². The second-order valence-electron chi connectivity index (χ2n) is 3.40. The van der Waals surface area contributed by atoms with E-state index in [4.69, 9.17) is 9.84 Å². The molecule has 1 rings (SSSR count). The zero-order valence-electron chi connectivity index (χ0n) is 8.56. The van der Waals surface area contributed by atoms with E-state index in [1.165, 1.54) is 7.11 Å². The summed E-state index contributed by atoms with van der Waals surface area (Å²) in [6.07, 6.45) is 0.566. The van der Waals surface area contributed by atoms with Crippen molar-refractivity contribution in [3.8, 4) is 0 Å². The van der Waals surface area contributed by atoms with Crippen LogP contribution < -0.4 is 5.32 Å². The Morgan fingerprint density at radius 3 is 2.53 bits per heavy atom. The summed E-state index contributed by atoms with van der Waals surface area (Å²) in [5.41, 5.74) is 0. The number of nitrogens with one attached hydrogen (secondary N) is 1. The molecule has 2 N–H and O–H groups in total. The maximum absolute atomic E-state index is 10.9. The summed E-state index contributed by atoms with van der Waals surface area (Å²) in [6, 6.07) is -0.888. The predicted octanol–water partition coefficient (Wildman–Crippen LogP) is 0.222. The van der Waals surface area contributed by atoms with Crippen molar-refractivity contribution in [2.45, 2.75) is 18.9 Å². The fourth-order valence-electron chi connectivity index (χ4n) is 1.62. The second-order valence-corrected chi connectivity index (χ2v) is 3.40. The third-order valence-corrected chi connectivity index (χ3v) is 2.46. The highest BCUT2D eigenvalue weighted by Gasteiger charge is 2.31. The van der Waals surface area contributed by atoms with Crippen molar-refractivity contribution in [2.24, 2.45) is 5.92 Å². The molecule has 1 atom stereocenters. The van der Waals surface area contributed by atoms with Crippen molar-refractivity contribution in [1.29, 1.82) is 0 Å². The number of carbonyl (C=O) groups excluding carboxylic acids is 1. The minimum atomic E-state index is -1.03. The molecule has 0 radical (unpaired) electrons. The predicted molar refractivity (Wildman–Crippen MR) is 50.5 cm³/mol. The number of carboxylic acid groups (broad SMARTS) is 1. The van der Waals surface area contributed by atoms with Crippen LogP contribution in [0.25, 0.3) is 0 Å². The van der Waals surface area contributed by atoms with Crippen LogP contribution in [0.15, 0.2) is 0 Å². The Morgan fingerprint density at radius 1 is 1.47 bits per heavy atom. The maximum Gasteiger partial charge on any atom is 0.407 e. The van der Waals surface area contributed by atoms with Gasteiger partial charge < -0.3 is 19.9 Å². The molecule has 1 amide bonds. The Hall–Kier alpha value is -1.30. The molecule has 0 aromatic heterocycles. The molecular weight excluding hydrogens is 202 g/mol. The fraction of sp³-hybridized carbons (Fsp3) is 0.778. The number of carboxylic acids is 1. The molecule has 0 aromatic carbocycles. The second kappa shape index (κ2) is 5.55. The number of hydrogen-bond acceptors (Lipinski definition) is 4. The topological polar surface area (TPSA) is 84.9 Å². The highest BCUT2D eigenvalue weighted by atomic mass is 16.5. The van der Waals surface area contributed by atoms with E-state index in [2.05, 4.69) is 10.1 Å². The summed E-state index contributed by atoms with van der Waals surface area (Å²) in [7, 11) is 1.21. The van der Waals surface area contributed by atoms with Gasteiger partial charge in [0, 0.05) is 13.2 Å². The van der Waals surface area contributed by atoms with Gasteiger partial charge in [0.05, 0.1) is 7.11 Å². The molecule has 0 aliphatic carbocycles. The summed E-state index contributed by atoms with van der Waals surface area (Å²) in [4.78, 5) is 21.9. The van der Waals surface area contributed by atoms with Gasteiger partial charge >= 0.3 is 12.1 Å². The number of rotatable bonds is 3. The van der Waals surface area contributed by atoms with Crippen LogP contribution in [0.2, 0.25) is 0 Å². The standard InChI is InChI=1S/C9H15NO5/c1-14-9(13)10-7(8(11)12)6-2-4-15-5-3-6/h6-7H,2-5H2,1H3,(H,10,13)(H,11,12)/t7-/m1/s1. The van der Waals surface area contributed by atoms with Crippen LogP contribution in [0, 0.1) is 5.92 Å². The van der Waals surface area contributed by atoms with Crippen LogP contribution in [0.5, 0.6) is 0 Å². The average molecular weight is 217 g/mol. The van der Waals surface area contributed by atoms with E-state index < -0.39 is 18.1 Å². The molecule has 1 aliphatic heterocycles. The van der Waals surface area contributed by atoms with Gasteiger partial charge in [0.15, 0.2) is 0 Å². The number of ether oxygens (including phenoxy) is 2. The molecule has 1 heterocycles. The van der Waals surface area contributed by atoms with Gasteiger partial charge in [0.2, 0.25) is 0 Å². The zero-order valence-corrected chi connectivity index (χ0v) is 8.56. The molecule has 0 aromatic rings. The number of amides is 1. The van der Waals surface area contributed by atoms with E-state index in [0.29, 0.717) is 26.1 Å². The molecule has 1 aliphatic rings. The van der Waals surface area contributed by atoms with Gasteiger partial charge in [-0.15, -0.1) is 0 Å².